The van der Waals surface area contributed by atoms with E-state index in [-0.39, 0.29) is 12.7 Å². The molecule has 2 rings (SSSR count). The first-order valence-corrected chi connectivity index (χ1v) is 3.43. The minimum absolute atomic E-state index is 0.00972. The van der Waals surface area contributed by atoms with Gasteiger partial charge in [0.05, 0.1) is 12.9 Å². The largest absolute Gasteiger partial charge is 0.480 e. The van der Waals surface area contributed by atoms with Crippen LogP contribution in [-0.2, 0) is 9.47 Å². The van der Waals surface area contributed by atoms with Crippen molar-refractivity contribution >= 4 is 0 Å². The maximum Gasteiger partial charge on any atom is 0.168 e. The van der Waals surface area contributed by atoms with Crippen molar-refractivity contribution in [2.24, 2.45) is 0 Å². The van der Waals surface area contributed by atoms with Gasteiger partial charge in [-0.25, -0.2) is 0 Å². The van der Waals surface area contributed by atoms with E-state index in [9.17, 15) is 0 Å². The van der Waals surface area contributed by atoms with Gasteiger partial charge >= 0.3 is 0 Å². The van der Waals surface area contributed by atoms with Gasteiger partial charge in [-0.1, -0.05) is 0 Å². The van der Waals surface area contributed by atoms with Gasteiger partial charge in [-0.3, -0.25) is 0 Å². The predicted molar refractivity (Wildman–Crippen MR) is 38.3 cm³/mol. The lowest BCUT2D eigenvalue weighted by atomic mass is 10.3. The van der Waals surface area contributed by atoms with E-state index in [0.717, 1.165) is 0 Å². The van der Waals surface area contributed by atoms with Crippen LogP contribution in [0.15, 0.2) is 36.0 Å². The van der Waals surface area contributed by atoms with Crippen LogP contribution in [-0.4, -0.2) is 17.8 Å². The second-order valence-corrected chi connectivity index (χ2v) is 2.35. The van der Waals surface area contributed by atoms with E-state index in [1.807, 2.05) is 6.08 Å². The monoisotopic (exact) mass is 152 g/mol. The Morgan fingerprint density at radius 1 is 1.45 bits per heavy atom. The highest BCUT2D eigenvalue weighted by molar-refractivity contribution is 5.32. The molecule has 2 aliphatic rings. The van der Waals surface area contributed by atoms with E-state index in [2.05, 4.69) is 0 Å². The third-order valence-corrected chi connectivity index (χ3v) is 1.56. The third-order valence-electron chi connectivity index (χ3n) is 1.56. The van der Waals surface area contributed by atoms with E-state index in [1.165, 1.54) is 0 Å². The number of rotatable bonds is 1. The quantitative estimate of drug-likeness (QED) is 0.600. The second-order valence-electron chi connectivity index (χ2n) is 2.35. The van der Waals surface area contributed by atoms with Crippen molar-refractivity contribution in [3.8, 4) is 0 Å². The lowest BCUT2D eigenvalue weighted by Crippen LogP contribution is -2.08. The van der Waals surface area contributed by atoms with Gasteiger partial charge < -0.3 is 14.6 Å². The fourth-order valence-electron chi connectivity index (χ4n) is 1.05. The highest BCUT2D eigenvalue weighted by Gasteiger charge is 2.23. The van der Waals surface area contributed by atoms with Crippen LogP contribution in [0.5, 0.6) is 0 Å². The minimum atomic E-state index is -0.240. The molecular formula is C8H8O3. The van der Waals surface area contributed by atoms with Crippen molar-refractivity contribution < 1.29 is 14.6 Å². The van der Waals surface area contributed by atoms with Crippen LogP contribution >= 0.6 is 0 Å². The van der Waals surface area contributed by atoms with Gasteiger partial charge in [0.15, 0.2) is 11.5 Å². The lowest BCUT2D eigenvalue weighted by Gasteiger charge is -2.08. The highest BCUT2D eigenvalue weighted by Crippen LogP contribution is 2.26. The molecule has 0 bridgehead atoms. The van der Waals surface area contributed by atoms with Crippen molar-refractivity contribution in [3.05, 3.63) is 36.0 Å². The molecular weight excluding hydrogens is 144 g/mol. The second kappa shape index (κ2) is 2.43. The Balaban J connectivity index is 2.22. The van der Waals surface area contributed by atoms with Crippen molar-refractivity contribution in [1.82, 2.24) is 0 Å². The van der Waals surface area contributed by atoms with Crippen molar-refractivity contribution in [3.63, 3.8) is 0 Å². The maximum atomic E-state index is 8.74. The molecule has 3 heteroatoms. The fraction of sp³-hybridized carbons (Fsp3) is 0.250. The Kier molecular flexibility index (Phi) is 1.43. The smallest absolute Gasteiger partial charge is 0.168 e. The number of ether oxygens (including phenoxy) is 2. The molecule has 2 aliphatic heterocycles. The van der Waals surface area contributed by atoms with E-state index in [1.54, 1.807) is 18.4 Å². The summed E-state index contributed by atoms with van der Waals surface area (Å²) in [5.41, 5.74) is 0. The summed E-state index contributed by atoms with van der Waals surface area (Å²) in [7, 11) is 0. The molecule has 1 unspecified atom stereocenters. The zero-order chi connectivity index (χ0) is 7.68. The molecule has 0 aromatic rings. The summed E-state index contributed by atoms with van der Waals surface area (Å²) in [5, 5.41) is 8.74. The molecule has 0 spiro atoms. The standard InChI is InChI=1S/C8H8O3/c9-5-6-4-8-7(11-6)2-1-3-10-8/h1-4,6,9H,5H2. The number of aliphatic hydroxyl groups is 1. The van der Waals surface area contributed by atoms with Crippen molar-refractivity contribution in [2.45, 2.75) is 6.10 Å². The van der Waals surface area contributed by atoms with Gasteiger partial charge in [-0.2, -0.15) is 0 Å². The average Bonchev–Trinajstić information content (AvgIpc) is 2.46. The van der Waals surface area contributed by atoms with E-state index in [4.69, 9.17) is 14.6 Å². The molecule has 0 aliphatic carbocycles. The van der Waals surface area contributed by atoms with Gasteiger partial charge in [0.2, 0.25) is 0 Å². The molecule has 0 fully saturated rings. The van der Waals surface area contributed by atoms with Crippen LogP contribution in [0.3, 0.4) is 0 Å². The topological polar surface area (TPSA) is 38.7 Å². The van der Waals surface area contributed by atoms with Crippen molar-refractivity contribution in [1.29, 1.82) is 0 Å². The molecule has 0 radical (unpaired) electrons. The maximum absolute atomic E-state index is 8.74. The summed E-state index contributed by atoms with van der Waals surface area (Å²) in [6.45, 7) is -0.00972. The SMILES string of the molecule is OCC1C=C2OC=CC=C2O1. The molecule has 11 heavy (non-hydrogen) atoms. The van der Waals surface area contributed by atoms with E-state index >= 15 is 0 Å². The molecule has 0 aromatic heterocycles. The van der Waals surface area contributed by atoms with Gasteiger partial charge in [-0.05, 0) is 12.2 Å². The number of fused-ring (bicyclic) bond motifs is 1. The Morgan fingerprint density at radius 2 is 2.36 bits per heavy atom. The lowest BCUT2D eigenvalue weighted by molar-refractivity contribution is 0.105. The van der Waals surface area contributed by atoms with Gasteiger partial charge in [0.25, 0.3) is 0 Å². The zero-order valence-electron chi connectivity index (χ0n) is 5.86. The number of hydrogen-bond donors (Lipinski definition) is 1. The molecule has 3 nitrogen and oxygen atoms in total. The van der Waals surface area contributed by atoms with Crippen LogP contribution in [0.2, 0.25) is 0 Å². The Morgan fingerprint density at radius 3 is 3.09 bits per heavy atom. The number of hydrogen-bond acceptors (Lipinski definition) is 3. The highest BCUT2D eigenvalue weighted by atomic mass is 16.5. The molecule has 0 saturated carbocycles. The average molecular weight is 152 g/mol. The number of allylic oxidation sites excluding steroid dienone is 2. The normalized spacial score (nSPS) is 26.5. The van der Waals surface area contributed by atoms with Gasteiger partial charge in [-0.15, -0.1) is 0 Å². The summed E-state index contributed by atoms with van der Waals surface area (Å²) < 4.78 is 10.4. The molecule has 1 atom stereocenters. The third kappa shape index (κ3) is 1.03. The summed E-state index contributed by atoms with van der Waals surface area (Å²) in [6.07, 6.45) is 6.67. The minimum Gasteiger partial charge on any atom is -0.480 e. The van der Waals surface area contributed by atoms with Crippen molar-refractivity contribution in [2.75, 3.05) is 6.61 Å². The van der Waals surface area contributed by atoms with E-state index < -0.39 is 0 Å². The zero-order valence-corrected chi connectivity index (χ0v) is 5.86. The van der Waals surface area contributed by atoms with E-state index in [0.29, 0.717) is 11.5 Å². The van der Waals surface area contributed by atoms with Crippen LogP contribution in [0, 0.1) is 0 Å². The Bertz CT molecular complexity index is 250. The van der Waals surface area contributed by atoms with Gasteiger partial charge in [0.1, 0.15) is 6.10 Å². The molecule has 2 heterocycles. The summed E-state index contributed by atoms with van der Waals surface area (Å²) in [4.78, 5) is 0. The first-order valence-electron chi connectivity index (χ1n) is 3.43. The predicted octanol–water partition coefficient (Wildman–Crippen LogP) is 0.689. The molecule has 1 N–H and O–H groups in total. The molecule has 58 valence electrons. The summed E-state index contributed by atoms with van der Waals surface area (Å²) in [6, 6.07) is 0. The molecule has 0 amide bonds. The summed E-state index contributed by atoms with van der Waals surface area (Å²) in [5.74, 6) is 1.40. The van der Waals surface area contributed by atoms with Gasteiger partial charge in [0, 0.05) is 6.08 Å². The molecule has 0 aromatic carbocycles. The Hall–Kier alpha value is -1.22. The first-order chi connectivity index (χ1) is 5.40. The van der Waals surface area contributed by atoms with Crippen LogP contribution in [0.25, 0.3) is 0 Å². The Labute approximate surface area is 64.2 Å². The van der Waals surface area contributed by atoms with Crippen LogP contribution < -0.4 is 0 Å². The fourth-order valence-corrected chi connectivity index (χ4v) is 1.05. The number of aliphatic hydroxyl groups excluding tert-OH is 1. The molecule has 0 saturated heterocycles. The van der Waals surface area contributed by atoms with Crippen LogP contribution in [0.4, 0.5) is 0 Å². The van der Waals surface area contributed by atoms with Crippen LogP contribution in [0.1, 0.15) is 0 Å². The summed E-state index contributed by atoms with van der Waals surface area (Å²) >= 11 is 0. The first kappa shape index (κ1) is 6.49.